The molecule has 0 aliphatic rings. The first kappa shape index (κ1) is 10.4. The van der Waals surface area contributed by atoms with E-state index in [-0.39, 0.29) is 5.25 Å². The summed E-state index contributed by atoms with van der Waals surface area (Å²) in [6.07, 6.45) is 0. The summed E-state index contributed by atoms with van der Waals surface area (Å²) in [6, 6.07) is 0. The summed E-state index contributed by atoms with van der Waals surface area (Å²) >= 11 is 10.1. The third-order valence-corrected chi connectivity index (χ3v) is 2.72. The lowest BCUT2D eigenvalue weighted by Gasteiger charge is -2.00. The van der Waals surface area contributed by atoms with Gasteiger partial charge in [-0.1, -0.05) is 37.0 Å². The van der Waals surface area contributed by atoms with Crippen LogP contribution in [0.4, 0.5) is 4.39 Å². The first-order valence-corrected chi connectivity index (χ1v) is 4.55. The molecule has 0 aliphatic carbocycles. The lowest BCUT2D eigenvalue weighted by Crippen LogP contribution is -2.05. The van der Waals surface area contributed by atoms with Gasteiger partial charge in [0.15, 0.2) is 4.49 Å². The minimum Gasteiger partial charge on any atom is -0.252 e. The van der Waals surface area contributed by atoms with Crippen LogP contribution in [0.3, 0.4) is 0 Å². The molecule has 5 heteroatoms. The molecule has 1 atom stereocenters. The highest BCUT2D eigenvalue weighted by atomic mass is 35.5. The summed E-state index contributed by atoms with van der Waals surface area (Å²) in [5, 5.41) is -1.24. The van der Waals surface area contributed by atoms with Crippen LogP contribution in [0.5, 0.6) is 0 Å². The molecule has 0 N–H and O–H groups in total. The molecule has 60 valence electrons. The lowest BCUT2D eigenvalue weighted by atomic mass is 10.6. The zero-order chi connectivity index (χ0) is 8.31. The van der Waals surface area contributed by atoms with E-state index in [1.165, 1.54) is 0 Å². The van der Waals surface area contributed by atoms with Crippen molar-refractivity contribution in [2.45, 2.75) is 19.1 Å². The molecule has 0 spiro atoms. The molecule has 0 radical (unpaired) electrons. The van der Waals surface area contributed by atoms with Crippen molar-refractivity contribution in [2.24, 2.45) is 0 Å². The molecule has 0 aromatic carbocycles. The number of hydrogen-bond acceptors (Lipinski definition) is 1. The summed E-state index contributed by atoms with van der Waals surface area (Å²) in [5.74, 6) is 0. The maximum absolute atomic E-state index is 12.5. The van der Waals surface area contributed by atoms with Crippen molar-refractivity contribution in [2.75, 3.05) is 0 Å². The first-order valence-electron chi connectivity index (χ1n) is 2.58. The average molecular weight is 205 g/mol. The van der Waals surface area contributed by atoms with E-state index in [1.54, 1.807) is 13.8 Å². The second kappa shape index (κ2) is 4.31. The predicted octanol–water partition coefficient (Wildman–Crippen LogP) is 2.72. The Hall–Kier alpha value is 0.400. The topological polar surface area (TPSA) is 17.1 Å². The second-order valence-corrected chi connectivity index (χ2v) is 4.73. The van der Waals surface area contributed by atoms with Crippen LogP contribution < -0.4 is 0 Å². The molecule has 0 aromatic rings. The van der Waals surface area contributed by atoms with E-state index < -0.39 is 20.4 Å². The Morgan fingerprint density at radius 1 is 1.50 bits per heavy atom. The van der Waals surface area contributed by atoms with Gasteiger partial charge < -0.3 is 0 Å². The Morgan fingerprint density at radius 2 is 1.90 bits per heavy atom. The summed E-state index contributed by atoms with van der Waals surface area (Å²) in [6.45, 7) is 3.23. The largest absolute Gasteiger partial charge is 0.252 e. The van der Waals surface area contributed by atoms with Crippen LogP contribution in [0.15, 0.2) is 9.65 Å². The standard InChI is InChI=1S/C5H7Cl2FOS/c1-3(2)10(9)5(8)4(6)7/h3H,1-2H3. The van der Waals surface area contributed by atoms with Gasteiger partial charge in [-0.25, -0.2) is 0 Å². The lowest BCUT2D eigenvalue weighted by molar-refractivity contribution is 0.644. The second-order valence-electron chi connectivity index (χ2n) is 1.88. The van der Waals surface area contributed by atoms with Gasteiger partial charge in [0.1, 0.15) is 0 Å². The van der Waals surface area contributed by atoms with Crippen molar-refractivity contribution in [3.8, 4) is 0 Å². The van der Waals surface area contributed by atoms with Crippen LogP contribution >= 0.6 is 23.2 Å². The van der Waals surface area contributed by atoms with Crippen LogP contribution in [0, 0.1) is 0 Å². The van der Waals surface area contributed by atoms with E-state index in [2.05, 4.69) is 0 Å². The maximum Gasteiger partial charge on any atom is 0.217 e. The number of halogens is 3. The van der Waals surface area contributed by atoms with E-state index in [4.69, 9.17) is 23.2 Å². The van der Waals surface area contributed by atoms with Gasteiger partial charge in [-0.15, -0.1) is 0 Å². The molecule has 0 bridgehead atoms. The highest BCUT2D eigenvalue weighted by Gasteiger charge is 2.14. The average Bonchev–Trinajstić information content (AvgIpc) is 1.84. The summed E-state index contributed by atoms with van der Waals surface area (Å²) in [4.78, 5) is 0. The third kappa shape index (κ3) is 2.99. The molecule has 0 aromatic heterocycles. The fraction of sp³-hybridized carbons (Fsp3) is 0.600. The maximum atomic E-state index is 12.5. The van der Waals surface area contributed by atoms with E-state index in [1.807, 2.05) is 0 Å². The van der Waals surface area contributed by atoms with Crippen molar-refractivity contribution >= 4 is 34.0 Å². The monoisotopic (exact) mass is 204 g/mol. The molecule has 0 rings (SSSR count). The molecular formula is C5H7Cl2FOS. The van der Waals surface area contributed by atoms with Crippen molar-refractivity contribution in [1.82, 2.24) is 0 Å². The van der Waals surface area contributed by atoms with Gasteiger partial charge in [-0.3, -0.25) is 4.21 Å². The van der Waals surface area contributed by atoms with Crippen LogP contribution in [0.1, 0.15) is 13.8 Å². The zero-order valence-corrected chi connectivity index (χ0v) is 7.86. The quantitative estimate of drug-likeness (QED) is 0.677. The summed E-state index contributed by atoms with van der Waals surface area (Å²) in [5.41, 5.74) is 0. The third-order valence-electron chi connectivity index (χ3n) is 0.753. The molecule has 0 amide bonds. The highest BCUT2D eigenvalue weighted by Crippen LogP contribution is 2.20. The van der Waals surface area contributed by atoms with Crippen molar-refractivity contribution < 1.29 is 8.60 Å². The molecule has 0 fully saturated rings. The summed E-state index contributed by atoms with van der Waals surface area (Å²) < 4.78 is 22.7. The molecular weight excluding hydrogens is 198 g/mol. The Kier molecular flexibility index (Phi) is 4.49. The van der Waals surface area contributed by atoms with Gasteiger partial charge in [-0.05, 0) is 0 Å². The molecule has 0 saturated carbocycles. The van der Waals surface area contributed by atoms with Crippen molar-refractivity contribution in [3.05, 3.63) is 9.65 Å². The predicted molar refractivity (Wildman–Crippen MR) is 43.1 cm³/mol. The van der Waals surface area contributed by atoms with Crippen LogP contribution in [-0.4, -0.2) is 9.46 Å². The van der Waals surface area contributed by atoms with Gasteiger partial charge in [0.25, 0.3) is 0 Å². The SMILES string of the molecule is CC(C)S(=O)C(F)=C(Cl)Cl. The normalized spacial score (nSPS) is 13.4. The Bertz CT molecular complexity index is 174. The van der Waals surface area contributed by atoms with Gasteiger partial charge >= 0.3 is 0 Å². The smallest absolute Gasteiger partial charge is 0.217 e. The molecule has 0 aliphatic heterocycles. The fourth-order valence-corrected chi connectivity index (χ4v) is 1.31. The molecule has 1 nitrogen and oxygen atoms in total. The Balaban J connectivity index is 4.38. The van der Waals surface area contributed by atoms with Crippen LogP contribution in [-0.2, 0) is 10.8 Å². The van der Waals surface area contributed by atoms with Crippen LogP contribution in [0.2, 0.25) is 0 Å². The fourth-order valence-electron chi connectivity index (χ4n) is 0.283. The van der Waals surface area contributed by atoms with Gasteiger partial charge in [0, 0.05) is 5.25 Å². The summed E-state index contributed by atoms with van der Waals surface area (Å²) in [7, 11) is -1.70. The van der Waals surface area contributed by atoms with E-state index in [9.17, 15) is 8.60 Å². The minimum absolute atomic E-state index is 0.299. The molecule has 0 saturated heterocycles. The molecule has 10 heavy (non-hydrogen) atoms. The van der Waals surface area contributed by atoms with E-state index >= 15 is 0 Å². The number of rotatable bonds is 2. The zero-order valence-electron chi connectivity index (χ0n) is 5.53. The number of hydrogen-bond donors (Lipinski definition) is 0. The van der Waals surface area contributed by atoms with E-state index in [0.29, 0.717) is 0 Å². The Morgan fingerprint density at radius 3 is 2.00 bits per heavy atom. The minimum atomic E-state index is -1.70. The molecule has 1 unspecified atom stereocenters. The van der Waals surface area contributed by atoms with Crippen LogP contribution in [0.25, 0.3) is 0 Å². The van der Waals surface area contributed by atoms with E-state index in [0.717, 1.165) is 0 Å². The Labute approximate surface area is 71.7 Å². The van der Waals surface area contributed by atoms with Gasteiger partial charge in [-0.2, -0.15) is 4.39 Å². The van der Waals surface area contributed by atoms with Gasteiger partial charge in [0.05, 0.1) is 10.8 Å². The molecule has 0 heterocycles. The first-order chi connectivity index (χ1) is 4.46. The van der Waals surface area contributed by atoms with Gasteiger partial charge in [0.2, 0.25) is 5.16 Å². The van der Waals surface area contributed by atoms with Crippen molar-refractivity contribution in [1.29, 1.82) is 0 Å². The highest BCUT2D eigenvalue weighted by molar-refractivity contribution is 7.89. The van der Waals surface area contributed by atoms with Crippen molar-refractivity contribution in [3.63, 3.8) is 0 Å².